The Morgan fingerprint density at radius 3 is 2.84 bits per heavy atom. The predicted octanol–water partition coefficient (Wildman–Crippen LogP) is 2.88. The number of rotatable bonds is 5. The molecule has 4 heterocycles. The lowest BCUT2D eigenvalue weighted by atomic mass is 10.1. The van der Waals surface area contributed by atoms with Crippen LogP contribution in [0, 0.1) is 5.95 Å². The molecule has 10 heteroatoms. The van der Waals surface area contributed by atoms with Gasteiger partial charge < -0.3 is 16.2 Å². The van der Waals surface area contributed by atoms with E-state index in [1.807, 2.05) is 6.92 Å². The van der Waals surface area contributed by atoms with Crippen molar-refractivity contribution in [3.63, 3.8) is 0 Å². The van der Waals surface area contributed by atoms with Crippen LogP contribution in [0.4, 0.5) is 16.0 Å². The van der Waals surface area contributed by atoms with Gasteiger partial charge in [-0.15, -0.1) is 0 Å². The van der Waals surface area contributed by atoms with E-state index in [0.29, 0.717) is 41.2 Å². The highest BCUT2D eigenvalue weighted by molar-refractivity contribution is 5.96. The van der Waals surface area contributed by atoms with Gasteiger partial charge >= 0.3 is 0 Å². The molecule has 4 N–H and O–H groups in total. The summed E-state index contributed by atoms with van der Waals surface area (Å²) in [4.78, 5) is 17.5. The molecule has 4 aromatic heterocycles. The molecule has 0 aromatic carbocycles. The van der Waals surface area contributed by atoms with Crippen LogP contribution in [0.5, 0.6) is 0 Å². The molecule has 32 heavy (non-hydrogen) atoms. The molecule has 0 aliphatic heterocycles. The van der Waals surface area contributed by atoms with Crippen molar-refractivity contribution in [3.8, 4) is 16.8 Å². The highest BCUT2D eigenvalue weighted by Gasteiger charge is 2.24. The molecule has 1 fully saturated rings. The Kier molecular flexibility index (Phi) is 5.14. The topological polar surface area (TPSA) is 128 Å². The molecule has 0 unspecified atom stereocenters. The number of pyridine rings is 2. The minimum absolute atomic E-state index is 0.147. The van der Waals surface area contributed by atoms with Crippen molar-refractivity contribution in [1.29, 1.82) is 0 Å². The number of aryl methyl sites for hydroxylation is 1. The van der Waals surface area contributed by atoms with Gasteiger partial charge in [-0.25, -0.2) is 24.6 Å². The Morgan fingerprint density at radius 2 is 2.09 bits per heavy atom. The van der Waals surface area contributed by atoms with Crippen LogP contribution in [0.1, 0.15) is 31.9 Å². The van der Waals surface area contributed by atoms with Crippen molar-refractivity contribution < 1.29 is 9.50 Å². The van der Waals surface area contributed by atoms with E-state index in [9.17, 15) is 9.50 Å². The largest absolute Gasteiger partial charge is 0.393 e. The summed E-state index contributed by atoms with van der Waals surface area (Å²) in [6, 6.07) is 3.13. The molecular weight excluding hydrogens is 411 g/mol. The SMILES string of the molecule is CCc1nc2c(N)ncc(-c3cnn(-c4ccnc(F)c4)c3)c2nc1N[C@@H]1CC[C@H](O)C1. The van der Waals surface area contributed by atoms with Gasteiger partial charge in [0.05, 0.1) is 23.7 Å². The molecule has 1 aliphatic carbocycles. The lowest BCUT2D eigenvalue weighted by molar-refractivity contribution is 0.182. The second-order valence-corrected chi connectivity index (χ2v) is 7.95. The fraction of sp³-hybridized carbons (Fsp3) is 0.318. The lowest BCUT2D eigenvalue weighted by Crippen LogP contribution is -2.19. The predicted molar refractivity (Wildman–Crippen MR) is 119 cm³/mol. The smallest absolute Gasteiger partial charge is 0.214 e. The summed E-state index contributed by atoms with van der Waals surface area (Å²) in [5.74, 6) is 0.414. The molecule has 1 saturated carbocycles. The normalized spacial score (nSPS) is 18.3. The maximum Gasteiger partial charge on any atom is 0.214 e. The summed E-state index contributed by atoms with van der Waals surface area (Å²) in [5, 5.41) is 17.7. The van der Waals surface area contributed by atoms with Crippen molar-refractivity contribution in [2.24, 2.45) is 0 Å². The van der Waals surface area contributed by atoms with Crippen molar-refractivity contribution >= 4 is 22.7 Å². The van der Waals surface area contributed by atoms with Gasteiger partial charge in [0.15, 0.2) is 5.82 Å². The maximum absolute atomic E-state index is 13.5. The van der Waals surface area contributed by atoms with Gasteiger partial charge in [-0.1, -0.05) is 6.92 Å². The Balaban J connectivity index is 1.59. The average Bonchev–Trinajstić information content (AvgIpc) is 3.43. The Bertz CT molecular complexity index is 1290. The van der Waals surface area contributed by atoms with E-state index in [1.165, 1.54) is 12.3 Å². The van der Waals surface area contributed by atoms with E-state index in [-0.39, 0.29) is 12.1 Å². The Morgan fingerprint density at radius 1 is 1.22 bits per heavy atom. The highest BCUT2D eigenvalue weighted by Crippen LogP contribution is 2.32. The monoisotopic (exact) mass is 434 g/mol. The van der Waals surface area contributed by atoms with Crippen molar-refractivity contribution in [1.82, 2.24) is 29.7 Å². The summed E-state index contributed by atoms with van der Waals surface area (Å²) >= 11 is 0. The lowest BCUT2D eigenvalue weighted by Gasteiger charge is -2.17. The van der Waals surface area contributed by atoms with E-state index in [2.05, 4.69) is 20.4 Å². The third-order valence-electron chi connectivity index (χ3n) is 5.75. The first-order valence-corrected chi connectivity index (χ1v) is 10.6. The summed E-state index contributed by atoms with van der Waals surface area (Å²) in [6.45, 7) is 2.01. The molecule has 0 radical (unpaired) electrons. The first-order chi connectivity index (χ1) is 15.5. The second kappa shape index (κ2) is 8.12. The van der Waals surface area contributed by atoms with E-state index in [0.717, 1.165) is 29.7 Å². The standard InChI is InChI=1S/C22H23FN8O/c1-2-17-22(28-13-3-4-15(32)7-13)30-19-16(10-26-21(24)20(19)29-17)12-9-27-31(11-12)14-5-6-25-18(23)8-14/h5-6,8-11,13,15,32H,2-4,7H2,1H3,(H2,24,26)(H,28,30)/t13-,15+/m1/s1. The zero-order chi connectivity index (χ0) is 22.2. The summed E-state index contributed by atoms with van der Waals surface area (Å²) in [6.07, 6.45) is 9.21. The number of aliphatic hydroxyl groups is 1. The Labute approximate surface area is 183 Å². The number of anilines is 2. The molecule has 164 valence electrons. The minimum atomic E-state index is -0.579. The van der Waals surface area contributed by atoms with Gasteiger partial charge in [0, 0.05) is 41.8 Å². The van der Waals surface area contributed by atoms with Crippen LogP contribution in [0.15, 0.2) is 36.9 Å². The van der Waals surface area contributed by atoms with Gasteiger partial charge in [0.2, 0.25) is 5.95 Å². The molecule has 1 aliphatic rings. The molecule has 0 spiro atoms. The first kappa shape index (κ1) is 20.3. The number of hydrogen-bond donors (Lipinski definition) is 3. The molecule has 0 amide bonds. The number of nitrogen functional groups attached to an aromatic ring is 1. The van der Waals surface area contributed by atoms with E-state index in [1.54, 1.807) is 29.3 Å². The van der Waals surface area contributed by atoms with Gasteiger partial charge in [-0.3, -0.25) is 0 Å². The molecule has 2 atom stereocenters. The van der Waals surface area contributed by atoms with Crippen LogP contribution >= 0.6 is 0 Å². The molecule has 0 bridgehead atoms. The number of hydrogen-bond acceptors (Lipinski definition) is 8. The number of nitrogens with two attached hydrogens (primary N) is 1. The third kappa shape index (κ3) is 3.73. The van der Waals surface area contributed by atoms with Crippen LogP contribution in [0.2, 0.25) is 0 Å². The summed E-state index contributed by atoms with van der Waals surface area (Å²) in [7, 11) is 0. The van der Waals surface area contributed by atoms with Gasteiger partial charge in [0.25, 0.3) is 0 Å². The number of nitrogens with zero attached hydrogens (tertiary/aromatic N) is 6. The zero-order valence-electron chi connectivity index (χ0n) is 17.5. The molecule has 9 nitrogen and oxygen atoms in total. The van der Waals surface area contributed by atoms with Crippen LogP contribution < -0.4 is 11.1 Å². The minimum Gasteiger partial charge on any atom is -0.393 e. The second-order valence-electron chi connectivity index (χ2n) is 7.95. The number of halogens is 1. The quantitative estimate of drug-likeness (QED) is 0.409. The van der Waals surface area contributed by atoms with E-state index >= 15 is 0 Å². The van der Waals surface area contributed by atoms with Crippen LogP contribution in [-0.2, 0) is 6.42 Å². The van der Waals surface area contributed by atoms with Crippen molar-refractivity contribution in [2.45, 2.75) is 44.8 Å². The maximum atomic E-state index is 13.5. The third-order valence-corrected chi connectivity index (χ3v) is 5.75. The number of fused-ring (bicyclic) bond motifs is 1. The van der Waals surface area contributed by atoms with Crippen LogP contribution in [0.3, 0.4) is 0 Å². The van der Waals surface area contributed by atoms with Gasteiger partial charge in [0.1, 0.15) is 16.9 Å². The number of nitrogens with one attached hydrogen (secondary N) is 1. The van der Waals surface area contributed by atoms with Gasteiger partial charge in [-0.05, 0) is 31.7 Å². The zero-order valence-corrected chi connectivity index (χ0v) is 17.5. The Hall–Kier alpha value is -3.66. The van der Waals surface area contributed by atoms with Crippen molar-refractivity contribution in [3.05, 3.63) is 48.6 Å². The summed E-state index contributed by atoms with van der Waals surface area (Å²) < 4.78 is 15.1. The average molecular weight is 434 g/mol. The highest BCUT2D eigenvalue weighted by atomic mass is 19.1. The van der Waals surface area contributed by atoms with E-state index in [4.69, 9.17) is 15.7 Å². The molecule has 5 rings (SSSR count). The number of aromatic nitrogens is 6. The fourth-order valence-electron chi connectivity index (χ4n) is 4.09. The van der Waals surface area contributed by atoms with Crippen LogP contribution in [-0.4, -0.2) is 47.0 Å². The molecular formula is C22H23FN8O. The van der Waals surface area contributed by atoms with Crippen LogP contribution in [0.25, 0.3) is 27.8 Å². The van der Waals surface area contributed by atoms with Crippen molar-refractivity contribution in [2.75, 3.05) is 11.1 Å². The molecule has 4 aromatic rings. The first-order valence-electron chi connectivity index (χ1n) is 10.6. The number of aliphatic hydroxyl groups excluding tert-OH is 1. The van der Waals surface area contributed by atoms with Gasteiger partial charge in [-0.2, -0.15) is 9.49 Å². The fourth-order valence-corrected chi connectivity index (χ4v) is 4.09. The van der Waals surface area contributed by atoms with E-state index < -0.39 is 5.95 Å². The summed E-state index contributed by atoms with van der Waals surface area (Å²) in [5.41, 5.74) is 10.1. The molecule has 0 saturated heterocycles.